The predicted octanol–water partition coefficient (Wildman–Crippen LogP) is 0.935. The number of ether oxygens (including phenoxy) is 1. The summed E-state index contributed by atoms with van der Waals surface area (Å²) in [4.78, 5) is 18.6. The number of amides is 1. The number of benzene rings is 1. The van der Waals surface area contributed by atoms with Gasteiger partial charge in [0.25, 0.3) is 10.0 Å². The highest BCUT2D eigenvalue weighted by atomic mass is 32.2. The highest BCUT2D eigenvalue weighted by molar-refractivity contribution is 7.93. The first-order valence-electron chi connectivity index (χ1n) is 8.62. The van der Waals surface area contributed by atoms with Gasteiger partial charge < -0.3 is 10.1 Å². The fourth-order valence-electron chi connectivity index (χ4n) is 2.61. The molecule has 0 bridgehead atoms. The molecular weight excluding hydrogens is 388 g/mol. The molecular formula is C17H22N4O4S2. The predicted molar refractivity (Wildman–Crippen MR) is 103 cm³/mol. The van der Waals surface area contributed by atoms with Crippen LogP contribution in [-0.4, -0.2) is 63.6 Å². The molecule has 146 valence electrons. The van der Waals surface area contributed by atoms with Crippen LogP contribution in [0.25, 0.3) is 0 Å². The Morgan fingerprint density at radius 1 is 1.22 bits per heavy atom. The van der Waals surface area contributed by atoms with Crippen molar-refractivity contribution in [2.24, 2.45) is 0 Å². The maximum absolute atomic E-state index is 12.3. The van der Waals surface area contributed by atoms with E-state index in [1.165, 1.54) is 12.1 Å². The number of hydrogen-bond acceptors (Lipinski definition) is 7. The normalized spacial score (nSPS) is 15.4. The summed E-state index contributed by atoms with van der Waals surface area (Å²) in [6.07, 6.45) is 0.118. The number of rotatable bonds is 8. The number of carbonyl (C=O) groups is 1. The summed E-state index contributed by atoms with van der Waals surface area (Å²) < 4.78 is 32.3. The van der Waals surface area contributed by atoms with Gasteiger partial charge in [0.05, 0.1) is 30.2 Å². The van der Waals surface area contributed by atoms with Crippen molar-refractivity contribution < 1.29 is 17.9 Å². The molecule has 1 saturated heterocycles. The highest BCUT2D eigenvalue weighted by Gasteiger charge is 2.16. The average Bonchev–Trinajstić information content (AvgIpc) is 3.09. The lowest BCUT2D eigenvalue weighted by atomic mass is 10.3. The molecule has 8 nitrogen and oxygen atoms in total. The maximum atomic E-state index is 12.3. The number of aromatic nitrogens is 1. The lowest BCUT2D eigenvalue weighted by Gasteiger charge is -2.26. The summed E-state index contributed by atoms with van der Waals surface area (Å²) in [5.74, 6) is -0.133. The van der Waals surface area contributed by atoms with Gasteiger partial charge in [0.1, 0.15) is 0 Å². The van der Waals surface area contributed by atoms with Gasteiger partial charge in [-0.05, 0) is 12.1 Å². The molecule has 3 rings (SSSR count). The fourth-order valence-corrected chi connectivity index (χ4v) is 4.60. The smallest absolute Gasteiger partial charge is 0.263 e. The molecule has 2 N–H and O–H groups in total. The number of sulfonamides is 1. The SMILES string of the molecule is O=C(Cc1csc(NS(=O)(=O)c2ccccc2)n1)NCCN1CCOCC1. The summed E-state index contributed by atoms with van der Waals surface area (Å²) in [5, 5.41) is 4.80. The monoisotopic (exact) mass is 410 g/mol. The zero-order valence-electron chi connectivity index (χ0n) is 14.8. The van der Waals surface area contributed by atoms with Crippen LogP contribution < -0.4 is 10.0 Å². The van der Waals surface area contributed by atoms with Crippen LogP contribution in [0.15, 0.2) is 40.6 Å². The second-order valence-corrected chi connectivity index (χ2v) is 8.58. The van der Waals surface area contributed by atoms with E-state index < -0.39 is 10.0 Å². The zero-order valence-corrected chi connectivity index (χ0v) is 16.4. The second kappa shape index (κ2) is 9.27. The second-order valence-electron chi connectivity index (χ2n) is 6.04. The van der Waals surface area contributed by atoms with E-state index in [0.717, 1.165) is 44.2 Å². The van der Waals surface area contributed by atoms with Gasteiger partial charge in [0.2, 0.25) is 5.91 Å². The Balaban J connectivity index is 1.46. The van der Waals surface area contributed by atoms with Crippen molar-refractivity contribution in [3.63, 3.8) is 0 Å². The molecule has 0 spiro atoms. The first kappa shape index (κ1) is 19.7. The van der Waals surface area contributed by atoms with Gasteiger partial charge in [-0.3, -0.25) is 14.4 Å². The van der Waals surface area contributed by atoms with Gasteiger partial charge in [-0.2, -0.15) is 0 Å². The Morgan fingerprint density at radius 3 is 2.70 bits per heavy atom. The summed E-state index contributed by atoms with van der Waals surface area (Å²) in [7, 11) is -3.67. The Kier molecular flexibility index (Phi) is 6.78. The van der Waals surface area contributed by atoms with E-state index in [1.807, 2.05) is 0 Å². The minimum absolute atomic E-state index is 0.118. The molecule has 1 aliphatic heterocycles. The van der Waals surface area contributed by atoms with Gasteiger partial charge in [-0.25, -0.2) is 13.4 Å². The van der Waals surface area contributed by atoms with E-state index in [0.29, 0.717) is 12.2 Å². The Labute approximate surface area is 162 Å². The van der Waals surface area contributed by atoms with Gasteiger partial charge in [-0.15, -0.1) is 11.3 Å². The molecule has 0 aliphatic carbocycles. The Hall–Kier alpha value is -2.01. The van der Waals surface area contributed by atoms with Crippen molar-refractivity contribution in [1.29, 1.82) is 0 Å². The van der Waals surface area contributed by atoms with Crippen LogP contribution in [0, 0.1) is 0 Å². The first-order chi connectivity index (χ1) is 13.0. The number of carbonyl (C=O) groups excluding carboxylic acids is 1. The van der Waals surface area contributed by atoms with E-state index in [4.69, 9.17) is 4.74 Å². The molecule has 27 heavy (non-hydrogen) atoms. The van der Waals surface area contributed by atoms with Gasteiger partial charge in [0, 0.05) is 31.6 Å². The molecule has 0 atom stereocenters. The molecule has 10 heteroatoms. The van der Waals surface area contributed by atoms with Crippen LogP contribution in [0.3, 0.4) is 0 Å². The van der Waals surface area contributed by atoms with Crippen molar-refractivity contribution in [1.82, 2.24) is 15.2 Å². The van der Waals surface area contributed by atoms with Crippen molar-refractivity contribution >= 4 is 32.4 Å². The highest BCUT2D eigenvalue weighted by Crippen LogP contribution is 2.20. The van der Waals surface area contributed by atoms with Gasteiger partial charge in [-0.1, -0.05) is 18.2 Å². The Bertz CT molecular complexity index is 849. The van der Waals surface area contributed by atoms with Gasteiger partial charge in [0.15, 0.2) is 5.13 Å². The number of nitrogens with zero attached hydrogens (tertiary/aromatic N) is 2. The van der Waals surface area contributed by atoms with Crippen LogP contribution in [0.4, 0.5) is 5.13 Å². The molecule has 0 unspecified atom stereocenters. The van der Waals surface area contributed by atoms with E-state index >= 15 is 0 Å². The number of hydrogen-bond donors (Lipinski definition) is 2. The van der Waals surface area contributed by atoms with Crippen LogP contribution >= 0.6 is 11.3 Å². The van der Waals surface area contributed by atoms with Crippen LogP contribution in [-0.2, 0) is 26.0 Å². The quantitative estimate of drug-likeness (QED) is 0.672. The minimum atomic E-state index is -3.67. The number of thiazole rings is 1. The van der Waals surface area contributed by atoms with Crippen molar-refractivity contribution in [2.75, 3.05) is 44.1 Å². The van der Waals surface area contributed by atoms with E-state index in [2.05, 4.69) is 19.9 Å². The van der Waals surface area contributed by atoms with Gasteiger partial charge >= 0.3 is 0 Å². The fraction of sp³-hybridized carbons (Fsp3) is 0.412. The third-order valence-corrected chi connectivity index (χ3v) is 6.31. The maximum Gasteiger partial charge on any atom is 0.263 e. The number of anilines is 1. The first-order valence-corrected chi connectivity index (χ1v) is 11.0. The molecule has 1 amide bonds. The third kappa shape index (κ3) is 5.99. The van der Waals surface area contributed by atoms with Crippen molar-refractivity contribution in [3.05, 3.63) is 41.4 Å². The molecule has 1 aromatic carbocycles. The van der Waals surface area contributed by atoms with E-state index in [1.54, 1.807) is 23.6 Å². The largest absolute Gasteiger partial charge is 0.379 e. The lowest BCUT2D eigenvalue weighted by molar-refractivity contribution is -0.120. The molecule has 2 aromatic rings. The van der Waals surface area contributed by atoms with E-state index in [-0.39, 0.29) is 22.4 Å². The topological polar surface area (TPSA) is 101 Å². The molecule has 0 radical (unpaired) electrons. The molecule has 0 saturated carbocycles. The minimum Gasteiger partial charge on any atom is -0.379 e. The molecule has 1 aliphatic rings. The molecule has 1 aromatic heterocycles. The number of morpholine rings is 1. The summed E-state index contributed by atoms with van der Waals surface area (Å²) >= 11 is 1.16. The zero-order chi connectivity index (χ0) is 19.1. The van der Waals surface area contributed by atoms with E-state index in [9.17, 15) is 13.2 Å². The summed E-state index contributed by atoms with van der Waals surface area (Å²) in [6, 6.07) is 8.09. The lowest BCUT2D eigenvalue weighted by Crippen LogP contribution is -2.41. The number of nitrogens with one attached hydrogen (secondary N) is 2. The van der Waals surface area contributed by atoms with Crippen molar-refractivity contribution in [3.8, 4) is 0 Å². The summed E-state index contributed by atoms with van der Waals surface area (Å²) in [6.45, 7) is 4.58. The third-order valence-electron chi connectivity index (χ3n) is 4.02. The summed E-state index contributed by atoms with van der Waals surface area (Å²) in [5.41, 5.74) is 0.537. The van der Waals surface area contributed by atoms with Crippen molar-refractivity contribution in [2.45, 2.75) is 11.3 Å². The Morgan fingerprint density at radius 2 is 1.96 bits per heavy atom. The van der Waals surface area contributed by atoms with Crippen LogP contribution in [0.2, 0.25) is 0 Å². The van der Waals surface area contributed by atoms with Crippen LogP contribution in [0.5, 0.6) is 0 Å². The molecule has 2 heterocycles. The standard InChI is InChI=1S/C17H22N4O4S2/c22-16(18-6-7-21-8-10-25-11-9-21)12-14-13-26-17(19-14)20-27(23,24)15-4-2-1-3-5-15/h1-5,13H,6-12H2,(H,18,22)(H,19,20). The average molecular weight is 411 g/mol. The van der Waals surface area contributed by atoms with Crippen LogP contribution in [0.1, 0.15) is 5.69 Å². The molecule has 1 fully saturated rings.